The molecule has 0 aliphatic carbocycles. The maximum atomic E-state index is 13.6. The van der Waals surface area contributed by atoms with Crippen LogP contribution in [0.2, 0.25) is 0 Å². The van der Waals surface area contributed by atoms with Crippen molar-refractivity contribution in [1.29, 1.82) is 0 Å². The number of aromatic nitrogens is 3. The van der Waals surface area contributed by atoms with E-state index in [1.807, 2.05) is 30.3 Å². The van der Waals surface area contributed by atoms with Crippen molar-refractivity contribution in [3.05, 3.63) is 82.1 Å². The normalized spacial score (nSPS) is 16.3. The van der Waals surface area contributed by atoms with Gasteiger partial charge in [-0.3, -0.25) is 0 Å². The largest absolute Gasteiger partial charge is 0.324 e. The predicted octanol–water partition coefficient (Wildman–Crippen LogP) is 4.37. The lowest BCUT2D eigenvalue weighted by molar-refractivity contribution is 0.508. The highest BCUT2D eigenvalue weighted by Crippen LogP contribution is 2.32. The number of rotatable bonds is 2. The number of hydrogen-bond donors (Lipinski definition) is 1. The zero-order valence-corrected chi connectivity index (χ0v) is 13.8. The van der Waals surface area contributed by atoms with Gasteiger partial charge in [0.25, 0.3) is 0 Å². The van der Waals surface area contributed by atoms with E-state index < -0.39 is 11.6 Å². The van der Waals surface area contributed by atoms with Crippen molar-refractivity contribution in [3.63, 3.8) is 0 Å². The summed E-state index contributed by atoms with van der Waals surface area (Å²) < 4.78 is 29.5. The summed E-state index contributed by atoms with van der Waals surface area (Å²) in [6.45, 7) is 0. The molecule has 0 saturated carbocycles. The monoisotopic (exact) mass is 388 g/mol. The summed E-state index contributed by atoms with van der Waals surface area (Å²) in [4.78, 5) is 4.19. The van der Waals surface area contributed by atoms with Crippen LogP contribution in [0.15, 0.2) is 59.3 Å². The van der Waals surface area contributed by atoms with E-state index in [0.29, 0.717) is 17.2 Å². The Hall–Kier alpha value is -2.54. The van der Waals surface area contributed by atoms with Gasteiger partial charge in [-0.25, -0.2) is 13.5 Å². The van der Waals surface area contributed by atoms with Crippen molar-refractivity contribution >= 4 is 27.6 Å². The molecule has 1 atom stereocenters. The minimum Gasteiger partial charge on any atom is -0.324 e. The van der Waals surface area contributed by atoms with E-state index in [9.17, 15) is 8.78 Å². The molecule has 4 rings (SSSR count). The molecule has 1 N–H and O–H groups in total. The molecule has 0 radical (unpaired) electrons. The highest BCUT2D eigenvalue weighted by Gasteiger charge is 2.23. The second kappa shape index (κ2) is 5.83. The first-order chi connectivity index (χ1) is 11.6. The molecule has 1 aromatic heterocycles. The van der Waals surface area contributed by atoms with Gasteiger partial charge in [0.05, 0.1) is 0 Å². The number of nitrogens with one attached hydrogen (secondary N) is 1. The summed E-state index contributed by atoms with van der Waals surface area (Å²) in [7, 11) is 0. The third-order valence-corrected chi connectivity index (χ3v) is 4.38. The van der Waals surface area contributed by atoms with Crippen LogP contribution in [-0.2, 0) is 0 Å². The summed E-state index contributed by atoms with van der Waals surface area (Å²) in [6.07, 6.45) is 3.37. The summed E-state index contributed by atoms with van der Waals surface area (Å²) >= 11 is 3.42. The van der Waals surface area contributed by atoms with Gasteiger partial charge in [-0.2, -0.15) is 10.1 Å². The molecule has 0 unspecified atom stereocenters. The molecule has 4 nitrogen and oxygen atoms in total. The quantitative estimate of drug-likeness (QED) is 0.708. The van der Waals surface area contributed by atoms with Crippen molar-refractivity contribution in [2.24, 2.45) is 0 Å². The van der Waals surface area contributed by atoms with E-state index in [0.717, 1.165) is 16.1 Å². The van der Waals surface area contributed by atoms with E-state index in [4.69, 9.17) is 0 Å². The standard InChI is InChI=1S/C17H11BrF2N4/c18-12-4-1-10(2-5-12)16-8-15(23-17-21-9-22-24(16)17)11-3-6-13(19)14(20)7-11/h1-9,16H,(H,21,22,23)/t16-/m0/s1. The number of benzene rings is 2. The van der Waals surface area contributed by atoms with Crippen molar-refractivity contribution in [3.8, 4) is 0 Å². The lowest BCUT2D eigenvalue weighted by atomic mass is 10.0. The van der Waals surface area contributed by atoms with Crippen molar-refractivity contribution in [1.82, 2.24) is 14.8 Å². The average molecular weight is 389 g/mol. The SMILES string of the molecule is Fc1ccc(C2=C[C@@H](c3ccc(Br)cc3)n3ncnc3N2)cc1F. The summed E-state index contributed by atoms with van der Waals surface area (Å²) in [5.41, 5.74) is 2.21. The molecule has 1 aliphatic heterocycles. The van der Waals surface area contributed by atoms with E-state index >= 15 is 0 Å². The summed E-state index contributed by atoms with van der Waals surface area (Å²) in [5.74, 6) is -1.21. The van der Waals surface area contributed by atoms with Crippen LogP contribution in [0.5, 0.6) is 0 Å². The number of hydrogen-bond acceptors (Lipinski definition) is 3. The lowest BCUT2D eigenvalue weighted by Crippen LogP contribution is -2.20. The molecule has 2 heterocycles. The molecule has 2 aromatic carbocycles. The first kappa shape index (κ1) is 15.0. The third-order valence-electron chi connectivity index (χ3n) is 3.85. The minimum absolute atomic E-state index is 0.194. The van der Waals surface area contributed by atoms with Crippen LogP contribution < -0.4 is 5.32 Å². The van der Waals surface area contributed by atoms with Crippen molar-refractivity contribution < 1.29 is 8.78 Å². The van der Waals surface area contributed by atoms with E-state index in [-0.39, 0.29) is 6.04 Å². The second-order valence-corrected chi connectivity index (χ2v) is 6.27. The van der Waals surface area contributed by atoms with E-state index in [1.165, 1.54) is 18.5 Å². The average Bonchev–Trinajstić information content (AvgIpc) is 3.06. The Morgan fingerprint density at radius 1 is 1.04 bits per heavy atom. The maximum absolute atomic E-state index is 13.6. The number of fused-ring (bicyclic) bond motifs is 1. The number of nitrogens with zero attached hydrogens (tertiary/aromatic N) is 3. The number of anilines is 1. The highest BCUT2D eigenvalue weighted by molar-refractivity contribution is 9.10. The van der Waals surface area contributed by atoms with Gasteiger partial charge in [-0.15, -0.1) is 0 Å². The molecular weight excluding hydrogens is 378 g/mol. The molecule has 0 amide bonds. The van der Waals surface area contributed by atoms with E-state index in [2.05, 4.69) is 31.3 Å². The molecule has 7 heteroatoms. The third kappa shape index (κ3) is 2.60. The highest BCUT2D eigenvalue weighted by atomic mass is 79.9. The van der Waals surface area contributed by atoms with Gasteiger partial charge in [0, 0.05) is 15.7 Å². The van der Waals surface area contributed by atoms with E-state index in [1.54, 1.807) is 4.68 Å². The lowest BCUT2D eigenvalue weighted by Gasteiger charge is -2.24. The Kier molecular flexibility index (Phi) is 3.65. The smallest absolute Gasteiger partial charge is 0.226 e. The van der Waals surface area contributed by atoms with Gasteiger partial charge in [0.1, 0.15) is 12.4 Å². The fraction of sp³-hybridized carbons (Fsp3) is 0.0588. The first-order valence-corrected chi connectivity index (χ1v) is 8.00. The maximum Gasteiger partial charge on any atom is 0.226 e. The minimum atomic E-state index is -0.887. The van der Waals surface area contributed by atoms with Gasteiger partial charge in [0.2, 0.25) is 5.95 Å². The molecule has 0 fully saturated rings. The Morgan fingerprint density at radius 2 is 1.83 bits per heavy atom. The molecule has 0 saturated heterocycles. The Balaban J connectivity index is 1.81. The number of halogens is 3. The van der Waals surface area contributed by atoms with Crippen molar-refractivity contribution in [2.45, 2.75) is 6.04 Å². The number of allylic oxidation sites excluding steroid dienone is 1. The van der Waals surface area contributed by atoms with Gasteiger partial charge in [0.15, 0.2) is 11.6 Å². The van der Waals surface area contributed by atoms with Crippen LogP contribution in [0.3, 0.4) is 0 Å². The zero-order valence-electron chi connectivity index (χ0n) is 12.2. The van der Waals surface area contributed by atoms with Gasteiger partial charge in [-0.1, -0.05) is 28.1 Å². The molecule has 0 spiro atoms. The Labute approximate surface area is 145 Å². The van der Waals surface area contributed by atoms with Crippen LogP contribution in [0, 0.1) is 11.6 Å². The van der Waals surface area contributed by atoms with Crippen LogP contribution in [0.4, 0.5) is 14.7 Å². The molecule has 3 aromatic rings. The molecule has 1 aliphatic rings. The van der Waals surface area contributed by atoms with Gasteiger partial charge >= 0.3 is 0 Å². The molecule has 120 valence electrons. The fourth-order valence-corrected chi connectivity index (χ4v) is 2.93. The predicted molar refractivity (Wildman–Crippen MR) is 90.3 cm³/mol. The summed E-state index contributed by atoms with van der Waals surface area (Å²) in [5, 5.41) is 7.35. The summed E-state index contributed by atoms with van der Waals surface area (Å²) in [6, 6.07) is 11.5. The van der Waals surface area contributed by atoms with Gasteiger partial charge < -0.3 is 5.32 Å². The van der Waals surface area contributed by atoms with Crippen molar-refractivity contribution in [2.75, 3.05) is 5.32 Å². The van der Waals surface area contributed by atoms with Gasteiger partial charge in [-0.05, 0) is 42.0 Å². The molecular formula is C17H11BrF2N4. The molecule has 0 bridgehead atoms. The Morgan fingerprint density at radius 3 is 2.58 bits per heavy atom. The fourth-order valence-electron chi connectivity index (χ4n) is 2.66. The van der Waals surface area contributed by atoms with Crippen LogP contribution in [0.25, 0.3) is 5.70 Å². The van der Waals surface area contributed by atoms with Crippen LogP contribution in [-0.4, -0.2) is 14.8 Å². The zero-order chi connectivity index (χ0) is 16.7. The Bertz CT molecular complexity index is 934. The topological polar surface area (TPSA) is 42.7 Å². The van der Waals surface area contributed by atoms with Crippen LogP contribution >= 0.6 is 15.9 Å². The van der Waals surface area contributed by atoms with Crippen LogP contribution in [0.1, 0.15) is 17.2 Å². The second-order valence-electron chi connectivity index (χ2n) is 5.36. The first-order valence-electron chi connectivity index (χ1n) is 7.21. The molecule has 24 heavy (non-hydrogen) atoms.